The zero-order valence-electron chi connectivity index (χ0n) is 12.4. The molecule has 0 aliphatic carbocycles. The second-order valence-corrected chi connectivity index (χ2v) is 4.67. The quantitative estimate of drug-likeness (QED) is 0.880. The third-order valence-electron chi connectivity index (χ3n) is 3.33. The smallest absolute Gasteiger partial charge is 0.240 e. The first-order valence-electron chi connectivity index (χ1n) is 6.49. The van der Waals surface area contributed by atoms with Gasteiger partial charge in [-0.3, -0.25) is 4.90 Å². The summed E-state index contributed by atoms with van der Waals surface area (Å²) in [5.74, 6) is 1.97. The summed E-state index contributed by atoms with van der Waals surface area (Å²) in [6.07, 6.45) is 0. The summed E-state index contributed by atoms with van der Waals surface area (Å²) >= 11 is 0. The van der Waals surface area contributed by atoms with Gasteiger partial charge < -0.3 is 15.0 Å². The molecule has 21 heavy (non-hydrogen) atoms. The molecule has 0 spiro atoms. The summed E-state index contributed by atoms with van der Waals surface area (Å²) in [5, 5.41) is 3.90. The van der Waals surface area contributed by atoms with Crippen LogP contribution in [0.25, 0.3) is 0 Å². The van der Waals surface area contributed by atoms with Crippen molar-refractivity contribution >= 4 is 12.4 Å². The number of hydrogen-bond acceptors (Lipinski definition) is 6. The second kappa shape index (κ2) is 7.97. The fraction of sp³-hybridized carbons (Fsp3) is 0.429. The summed E-state index contributed by atoms with van der Waals surface area (Å²) in [4.78, 5) is 6.35. The molecule has 1 heterocycles. The number of hydrogen-bond donors (Lipinski definition) is 1. The van der Waals surface area contributed by atoms with Crippen molar-refractivity contribution in [3.05, 3.63) is 41.5 Å². The van der Waals surface area contributed by atoms with E-state index in [0.29, 0.717) is 18.3 Å². The lowest BCUT2D eigenvalue weighted by atomic mass is 10.1. The van der Waals surface area contributed by atoms with E-state index in [-0.39, 0.29) is 25.0 Å². The third-order valence-corrected chi connectivity index (χ3v) is 3.33. The van der Waals surface area contributed by atoms with Gasteiger partial charge in [0.25, 0.3) is 0 Å². The first-order chi connectivity index (χ1) is 9.63. The molecule has 0 amide bonds. The zero-order chi connectivity index (χ0) is 14.5. The summed E-state index contributed by atoms with van der Waals surface area (Å²) < 4.78 is 10.2. The highest BCUT2D eigenvalue weighted by Gasteiger charge is 2.15. The Morgan fingerprint density at radius 2 is 2.00 bits per heavy atom. The molecule has 0 radical (unpaired) electrons. The molecular formula is C14H21ClN4O2. The van der Waals surface area contributed by atoms with Crippen molar-refractivity contribution in [2.75, 3.05) is 14.2 Å². The largest absolute Gasteiger partial charge is 0.497 e. The molecular weight excluding hydrogens is 292 g/mol. The highest BCUT2D eigenvalue weighted by Crippen LogP contribution is 2.22. The SMILES string of the molecule is COc1ccc(C(C)N(C)Cc2noc(CN)n2)cc1.Cl. The second-order valence-electron chi connectivity index (χ2n) is 4.67. The number of nitrogens with two attached hydrogens (primary N) is 1. The van der Waals surface area contributed by atoms with Crippen molar-refractivity contribution in [2.45, 2.75) is 26.1 Å². The van der Waals surface area contributed by atoms with E-state index < -0.39 is 0 Å². The molecule has 0 saturated heterocycles. The number of aromatic nitrogens is 2. The average Bonchev–Trinajstić information content (AvgIpc) is 2.94. The van der Waals surface area contributed by atoms with Gasteiger partial charge in [-0.25, -0.2) is 0 Å². The predicted octanol–water partition coefficient (Wildman–Crippen LogP) is 2.15. The molecule has 6 nitrogen and oxygen atoms in total. The van der Waals surface area contributed by atoms with Crippen LogP contribution in [0.1, 0.15) is 30.2 Å². The third kappa shape index (κ3) is 4.42. The molecule has 0 saturated carbocycles. The predicted molar refractivity (Wildman–Crippen MR) is 82.3 cm³/mol. The highest BCUT2D eigenvalue weighted by atomic mass is 35.5. The van der Waals surface area contributed by atoms with Crippen LogP contribution in [0.15, 0.2) is 28.8 Å². The van der Waals surface area contributed by atoms with E-state index in [2.05, 4.69) is 34.1 Å². The molecule has 1 aromatic carbocycles. The van der Waals surface area contributed by atoms with Crippen LogP contribution in [0.2, 0.25) is 0 Å². The van der Waals surface area contributed by atoms with E-state index in [1.165, 1.54) is 5.56 Å². The van der Waals surface area contributed by atoms with Gasteiger partial charge in [-0.2, -0.15) is 4.98 Å². The van der Waals surface area contributed by atoms with Gasteiger partial charge in [-0.15, -0.1) is 12.4 Å². The first kappa shape index (κ1) is 17.4. The van der Waals surface area contributed by atoms with E-state index in [4.69, 9.17) is 15.0 Å². The lowest BCUT2D eigenvalue weighted by molar-refractivity contribution is 0.242. The van der Waals surface area contributed by atoms with E-state index >= 15 is 0 Å². The van der Waals surface area contributed by atoms with Crippen molar-refractivity contribution in [1.29, 1.82) is 0 Å². The van der Waals surface area contributed by atoms with Gasteiger partial charge in [0.2, 0.25) is 5.89 Å². The van der Waals surface area contributed by atoms with Crippen LogP contribution < -0.4 is 10.5 Å². The molecule has 1 unspecified atom stereocenters. The van der Waals surface area contributed by atoms with E-state index in [1.807, 2.05) is 19.2 Å². The molecule has 1 atom stereocenters. The van der Waals surface area contributed by atoms with Crippen LogP contribution >= 0.6 is 12.4 Å². The topological polar surface area (TPSA) is 77.4 Å². The number of halogens is 1. The van der Waals surface area contributed by atoms with E-state index in [9.17, 15) is 0 Å². The molecule has 0 fully saturated rings. The maximum atomic E-state index is 5.45. The van der Waals surface area contributed by atoms with Crippen molar-refractivity contribution in [3.63, 3.8) is 0 Å². The van der Waals surface area contributed by atoms with Crippen LogP contribution in [0.5, 0.6) is 5.75 Å². The zero-order valence-corrected chi connectivity index (χ0v) is 13.3. The van der Waals surface area contributed by atoms with Crippen molar-refractivity contribution in [3.8, 4) is 5.75 Å². The first-order valence-corrected chi connectivity index (χ1v) is 6.49. The Morgan fingerprint density at radius 3 is 2.52 bits per heavy atom. The lowest BCUT2D eigenvalue weighted by Crippen LogP contribution is -2.22. The number of nitrogens with zero attached hydrogens (tertiary/aromatic N) is 3. The summed E-state index contributed by atoms with van der Waals surface area (Å²) in [7, 11) is 3.68. The maximum absolute atomic E-state index is 5.45. The van der Waals surface area contributed by atoms with Crippen LogP contribution in [0.3, 0.4) is 0 Å². The Bertz CT molecular complexity index is 544. The Kier molecular flexibility index (Phi) is 6.61. The minimum Gasteiger partial charge on any atom is -0.497 e. The average molecular weight is 313 g/mol. The minimum atomic E-state index is 0. The Balaban J connectivity index is 0.00000220. The molecule has 116 valence electrons. The van der Waals surface area contributed by atoms with Gasteiger partial charge in [0.1, 0.15) is 5.75 Å². The van der Waals surface area contributed by atoms with Gasteiger partial charge >= 0.3 is 0 Å². The van der Waals surface area contributed by atoms with Crippen LogP contribution in [0.4, 0.5) is 0 Å². The molecule has 0 aliphatic rings. The van der Waals surface area contributed by atoms with Crippen LogP contribution in [-0.4, -0.2) is 29.2 Å². The van der Waals surface area contributed by atoms with E-state index in [1.54, 1.807) is 7.11 Å². The van der Waals surface area contributed by atoms with Gasteiger partial charge in [-0.1, -0.05) is 17.3 Å². The van der Waals surface area contributed by atoms with Gasteiger partial charge in [-0.05, 0) is 31.7 Å². The number of methoxy groups -OCH3 is 1. The standard InChI is InChI=1S/C14H20N4O2.ClH/c1-10(11-4-6-12(19-3)7-5-11)18(2)9-13-16-14(8-15)20-17-13;/h4-7,10H,8-9,15H2,1-3H3;1H. The fourth-order valence-corrected chi connectivity index (χ4v) is 1.93. The van der Waals surface area contributed by atoms with E-state index in [0.717, 1.165) is 5.75 Å². The van der Waals surface area contributed by atoms with Gasteiger partial charge in [0.05, 0.1) is 20.2 Å². The number of ether oxygens (including phenoxy) is 1. The molecule has 0 bridgehead atoms. The minimum absolute atomic E-state index is 0. The van der Waals surface area contributed by atoms with Gasteiger partial charge in [0, 0.05) is 6.04 Å². The molecule has 7 heteroatoms. The van der Waals surface area contributed by atoms with Crippen LogP contribution in [-0.2, 0) is 13.1 Å². The Hall–Kier alpha value is -1.63. The maximum Gasteiger partial charge on any atom is 0.240 e. The Morgan fingerprint density at radius 1 is 1.33 bits per heavy atom. The summed E-state index contributed by atoms with van der Waals surface area (Å²) in [6.45, 7) is 3.01. The molecule has 1 aromatic heterocycles. The fourth-order valence-electron chi connectivity index (χ4n) is 1.93. The van der Waals surface area contributed by atoms with Crippen LogP contribution in [0, 0.1) is 0 Å². The van der Waals surface area contributed by atoms with Crippen molar-refractivity contribution in [1.82, 2.24) is 15.0 Å². The molecule has 2 aromatic rings. The monoisotopic (exact) mass is 312 g/mol. The molecule has 0 aliphatic heterocycles. The number of rotatable bonds is 6. The van der Waals surface area contributed by atoms with Crippen molar-refractivity contribution < 1.29 is 9.26 Å². The highest BCUT2D eigenvalue weighted by molar-refractivity contribution is 5.85. The summed E-state index contributed by atoms with van der Waals surface area (Å²) in [6, 6.07) is 8.27. The normalized spacial score (nSPS) is 12.0. The lowest BCUT2D eigenvalue weighted by Gasteiger charge is -2.23. The number of benzene rings is 1. The van der Waals surface area contributed by atoms with Crippen molar-refractivity contribution in [2.24, 2.45) is 5.73 Å². The Labute approximate surface area is 130 Å². The molecule has 2 rings (SSSR count). The summed E-state index contributed by atoms with van der Waals surface area (Å²) in [5.41, 5.74) is 6.65. The molecule has 2 N–H and O–H groups in total. The van der Waals surface area contributed by atoms with Gasteiger partial charge in [0.15, 0.2) is 5.82 Å².